The lowest BCUT2D eigenvalue weighted by atomic mass is 9.96. The zero-order valence-corrected chi connectivity index (χ0v) is 10.6. The van der Waals surface area contributed by atoms with Gasteiger partial charge in [0.1, 0.15) is 0 Å². The molecule has 0 aromatic rings. The Morgan fingerprint density at radius 2 is 1.88 bits per heavy atom. The highest BCUT2D eigenvalue weighted by molar-refractivity contribution is 4.95. The molecule has 0 aliphatic heterocycles. The molecule has 2 atom stereocenters. The molecule has 0 heterocycles. The quantitative estimate of drug-likeness (QED) is 0.686. The van der Waals surface area contributed by atoms with Crippen molar-refractivity contribution >= 4 is 0 Å². The number of rotatable bonds is 7. The van der Waals surface area contributed by atoms with Gasteiger partial charge in [0, 0.05) is 24.7 Å². The third-order valence-corrected chi connectivity index (χ3v) is 4.01. The van der Waals surface area contributed by atoms with E-state index in [0.29, 0.717) is 12.0 Å². The van der Waals surface area contributed by atoms with Crippen molar-refractivity contribution in [2.75, 3.05) is 13.2 Å². The molecule has 0 radical (unpaired) electrons. The monoisotopic (exact) mass is 226 g/mol. The first kappa shape index (κ1) is 12.3. The van der Waals surface area contributed by atoms with E-state index >= 15 is 0 Å². The lowest BCUT2D eigenvalue weighted by molar-refractivity contribution is 0.0809. The lowest BCUT2D eigenvalue weighted by Crippen LogP contribution is -2.53. The lowest BCUT2D eigenvalue weighted by Gasteiger charge is -2.36. The third kappa shape index (κ3) is 2.96. The summed E-state index contributed by atoms with van der Waals surface area (Å²) in [7, 11) is 0. The van der Waals surface area contributed by atoms with Crippen LogP contribution in [0.15, 0.2) is 0 Å². The Balaban J connectivity index is 1.96. The van der Waals surface area contributed by atoms with Crippen LogP contribution in [0.1, 0.15) is 39.5 Å². The zero-order chi connectivity index (χ0) is 11.7. The molecule has 2 unspecified atom stereocenters. The number of nitrogens with zero attached hydrogens (tertiary/aromatic N) is 1. The minimum atomic E-state index is 0.101. The van der Waals surface area contributed by atoms with Gasteiger partial charge in [-0.15, -0.1) is 0 Å². The fraction of sp³-hybridized carbons (Fsp3) is 1.00. The Morgan fingerprint density at radius 1 is 1.25 bits per heavy atom. The van der Waals surface area contributed by atoms with Gasteiger partial charge in [0.15, 0.2) is 0 Å². The summed E-state index contributed by atoms with van der Waals surface area (Å²) in [4.78, 5) is 2.50. The topological polar surface area (TPSA) is 49.5 Å². The summed E-state index contributed by atoms with van der Waals surface area (Å²) < 4.78 is 0. The van der Waals surface area contributed by atoms with Crippen molar-refractivity contribution in [3.63, 3.8) is 0 Å². The molecule has 3 heteroatoms. The maximum absolute atomic E-state index is 9.60. The van der Waals surface area contributed by atoms with E-state index in [1.165, 1.54) is 25.7 Å². The smallest absolute Gasteiger partial charge is 0.0602 e. The molecular weight excluding hydrogens is 200 g/mol. The Labute approximate surface area is 99.0 Å². The second-order valence-electron chi connectivity index (χ2n) is 5.94. The van der Waals surface area contributed by atoms with Crippen molar-refractivity contribution in [2.45, 2.75) is 57.7 Å². The number of hydrogen-bond donors (Lipinski definition) is 2. The molecule has 0 aromatic heterocycles. The van der Waals surface area contributed by atoms with E-state index in [1.54, 1.807) is 0 Å². The first-order valence-electron chi connectivity index (χ1n) is 6.75. The van der Waals surface area contributed by atoms with Crippen LogP contribution in [0.5, 0.6) is 0 Å². The van der Waals surface area contributed by atoms with Gasteiger partial charge in [-0.05, 0) is 37.5 Å². The van der Waals surface area contributed by atoms with E-state index in [9.17, 15) is 5.11 Å². The van der Waals surface area contributed by atoms with Crippen LogP contribution < -0.4 is 5.73 Å². The largest absolute Gasteiger partial charge is 0.395 e. The highest BCUT2D eigenvalue weighted by Crippen LogP contribution is 2.36. The standard InChI is InChI=1S/C13H26N2O/c1-9(2)13(14)12(8-16)15(11-5-6-11)7-10-3-4-10/h9-13,16H,3-8,14H2,1-2H3. The summed E-state index contributed by atoms with van der Waals surface area (Å²) in [6.45, 7) is 5.67. The summed E-state index contributed by atoms with van der Waals surface area (Å²) in [6, 6.07) is 0.986. The van der Waals surface area contributed by atoms with Crippen LogP contribution in [-0.4, -0.2) is 41.3 Å². The molecule has 0 saturated heterocycles. The summed E-state index contributed by atoms with van der Waals surface area (Å²) in [6.07, 6.45) is 5.35. The molecule has 3 N–H and O–H groups in total. The first-order chi connectivity index (χ1) is 7.63. The number of nitrogens with two attached hydrogens (primary N) is 1. The summed E-state index contributed by atoms with van der Waals surface area (Å²) in [5.41, 5.74) is 6.23. The molecule has 2 saturated carbocycles. The van der Waals surface area contributed by atoms with Crippen molar-refractivity contribution in [1.29, 1.82) is 0 Å². The predicted molar refractivity (Wildman–Crippen MR) is 66.1 cm³/mol. The van der Waals surface area contributed by atoms with Gasteiger partial charge in [-0.1, -0.05) is 13.8 Å². The maximum Gasteiger partial charge on any atom is 0.0602 e. The third-order valence-electron chi connectivity index (χ3n) is 4.01. The van der Waals surface area contributed by atoms with E-state index in [4.69, 9.17) is 5.73 Å². The van der Waals surface area contributed by atoms with Crippen LogP contribution >= 0.6 is 0 Å². The Morgan fingerprint density at radius 3 is 2.25 bits per heavy atom. The van der Waals surface area contributed by atoms with Gasteiger partial charge in [-0.25, -0.2) is 0 Å². The molecule has 2 aliphatic carbocycles. The molecule has 0 amide bonds. The van der Waals surface area contributed by atoms with Crippen LogP contribution in [0, 0.1) is 11.8 Å². The first-order valence-corrected chi connectivity index (χ1v) is 6.75. The van der Waals surface area contributed by atoms with Crippen molar-refractivity contribution in [3.8, 4) is 0 Å². The van der Waals surface area contributed by atoms with Gasteiger partial charge in [0.05, 0.1) is 6.61 Å². The minimum Gasteiger partial charge on any atom is -0.395 e. The van der Waals surface area contributed by atoms with Gasteiger partial charge in [-0.3, -0.25) is 4.90 Å². The molecule has 2 fully saturated rings. The minimum absolute atomic E-state index is 0.101. The molecule has 0 aromatic carbocycles. The van der Waals surface area contributed by atoms with Gasteiger partial charge in [-0.2, -0.15) is 0 Å². The van der Waals surface area contributed by atoms with Gasteiger partial charge < -0.3 is 10.8 Å². The number of aliphatic hydroxyl groups excluding tert-OH is 1. The van der Waals surface area contributed by atoms with Crippen LogP contribution in [0.25, 0.3) is 0 Å². The molecule has 0 spiro atoms. The van der Waals surface area contributed by atoms with Gasteiger partial charge in [0.25, 0.3) is 0 Å². The molecule has 94 valence electrons. The molecular formula is C13H26N2O. The number of hydrogen-bond acceptors (Lipinski definition) is 3. The maximum atomic E-state index is 9.60. The zero-order valence-electron chi connectivity index (χ0n) is 10.6. The van der Waals surface area contributed by atoms with Crippen LogP contribution in [0.2, 0.25) is 0 Å². The van der Waals surface area contributed by atoms with E-state index in [2.05, 4.69) is 18.7 Å². The van der Waals surface area contributed by atoms with Crippen molar-refractivity contribution in [1.82, 2.24) is 4.90 Å². The average molecular weight is 226 g/mol. The van der Waals surface area contributed by atoms with E-state index < -0.39 is 0 Å². The highest BCUT2D eigenvalue weighted by atomic mass is 16.3. The Kier molecular flexibility index (Phi) is 3.88. The molecule has 16 heavy (non-hydrogen) atoms. The van der Waals surface area contributed by atoms with Crippen LogP contribution in [0.3, 0.4) is 0 Å². The fourth-order valence-corrected chi connectivity index (χ4v) is 2.45. The summed E-state index contributed by atoms with van der Waals surface area (Å²) in [5, 5.41) is 9.60. The van der Waals surface area contributed by atoms with E-state index in [-0.39, 0.29) is 18.7 Å². The normalized spacial score (nSPS) is 25.1. The second kappa shape index (κ2) is 5.03. The van der Waals surface area contributed by atoms with Crippen molar-refractivity contribution in [3.05, 3.63) is 0 Å². The van der Waals surface area contributed by atoms with E-state index in [0.717, 1.165) is 12.5 Å². The van der Waals surface area contributed by atoms with Crippen molar-refractivity contribution < 1.29 is 5.11 Å². The molecule has 3 nitrogen and oxygen atoms in total. The van der Waals surface area contributed by atoms with E-state index in [1.807, 2.05) is 0 Å². The Hall–Kier alpha value is -0.120. The predicted octanol–water partition coefficient (Wildman–Crippen LogP) is 1.20. The second-order valence-corrected chi connectivity index (χ2v) is 5.94. The van der Waals surface area contributed by atoms with Gasteiger partial charge in [0.2, 0.25) is 0 Å². The average Bonchev–Trinajstić information content (AvgIpc) is 3.10. The number of aliphatic hydroxyl groups is 1. The van der Waals surface area contributed by atoms with Crippen LogP contribution in [-0.2, 0) is 0 Å². The highest BCUT2D eigenvalue weighted by Gasteiger charge is 2.39. The Bertz CT molecular complexity index is 224. The molecule has 2 rings (SSSR count). The molecule has 2 aliphatic rings. The van der Waals surface area contributed by atoms with Crippen LogP contribution in [0.4, 0.5) is 0 Å². The van der Waals surface area contributed by atoms with Crippen molar-refractivity contribution in [2.24, 2.45) is 17.6 Å². The van der Waals surface area contributed by atoms with Gasteiger partial charge >= 0.3 is 0 Å². The molecule has 0 bridgehead atoms. The summed E-state index contributed by atoms with van der Waals surface area (Å²) >= 11 is 0. The fourth-order valence-electron chi connectivity index (χ4n) is 2.45. The SMILES string of the molecule is CC(C)C(N)C(CO)N(CC1CC1)C1CC1. The summed E-state index contributed by atoms with van der Waals surface area (Å²) in [5.74, 6) is 1.33.